The monoisotopic (exact) mass is 251 g/mol. The second kappa shape index (κ2) is 6.29. The second-order valence-corrected chi connectivity index (χ2v) is 4.71. The van der Waals surface area contributed by atoms with Crippen LogP contribution in [-0.2, 0) is 9.47 Å². The molecule has 0 saturated carbocycles. The molecular formula is C9H17NO5S. The number of aliphatic hydroxyl groups excluding tert-OH is 2. The van der Waals surface area contributed by atoms with Gasteiger partial charge in [0.15, 0.2) is 0 Å². The van der Waals surface area contributed by atoms with Crippen LogP contribution in [0.5, 0.6) is 0 Å². The molecule has 0 spiro atoms. The summed E-state index contributed by atoms with van der Waals surface area (Å²) in [7, 11) is 1.25. The number of rotatable bonds is 4. The Labute approximate surface area is 98.3 Å². The van der Waals surface area contributed by atoms with Crippen LogP contribution in [0.1, 0.15) is 6.92 Å². The van der Waals surface area contributed by atoms with E-state index in [4.69, 9.17) is 9.84 Å². The molecule has 3 N–H and O–H groups in total. The topological polar surface area (TPSA) is 88.0 Å². The van der Waals surface area contributed by atoms with Crippen molar-refractivity contribution in [2.24, 2.45) is 0 Å². The number of aliphatic hydroxyl groups is 2. The minimum absolute atomic E-state index is 0.276. The van der Waals surface area contributed by atoms with Gasteiger partial charge in [-0.2, -0.15) is 0 Å². The molecule has 7 heteroatoms. The van der Waals surface area contributed by atoms with Crippen LogP contribution in [0.2, 0.25) is 0 Å². The number of thioether (sulfide) groups is 1. The molecule has 1 heterocycles. The van der Waals surface area contributed by atoms with Gasteiger partial charge in [0, 0.05) is 0 Å². The highest BCUT2D eigenvalue weighted by Gasteiger charge is 2.44. The van der Waals surface area contributed by atoms with E-state index in [2.05, 4.69) is 10.1 Å². The zero-order chi connectivity index (χ0) is 12.1. The molecule has 16 heavy (non-hydrogen) atoms. The van der Waals surface area contributed by atoms with Gasteiger partial charge in [0.2, 0.25) is 0 Å². The molecule has 6 nitrogen and oxygen atoms in total. The van der Waals surface area contributed by atoms with E-state index in [9.17, 15) is 9.90 Å². The molecule has 1 fully saturated rings. The molecule has 0 radical (unpaired) electrons. The van der Waals surface area contributed by atoms with E-state index in [0.29, 0.717) is 0 Å². The van der Waals surface area contributed by atoms with Crippen molar-refractivity contribution in [2.75, 3.05) is 19.5 Å². The normalized spacial score (nSPS) is 33.8. The summed E-state index contributed by atoms with van der Waals surface area (Å²) in [5.74, 6) is 0.787. The average molecular weight is 251 g/mol. The Morgan fingerprint density at radius 1 is 1.62 bits per heavy atom. The lowest BCUT2D eigenvalue weighted by Crippen LogP contribution is -2.47. The van der Waals surface area contributed by atoms with Crippen molar-refractivity contribution in [3.63, 3.8) is 0 Å². The van der Waals surface area contributed by atoms with Gasteiger partial charge in [-0.1, -0.05) is 6.92 Å². The van der Waals surface area contributed by atoms with Gasteiger partial charge in [0.05, 0.1) is 19.8 Å². The fraction of sp³-hybridized carbons (Fsp3) is 0.889. The summed E-state index contributed by atoms with van der Waals surface area (Å²) in [5, 5.41) is 21.3. The molecule has 0 bridgehead atoms. The van der Waals surface area contributed by atoms with Gasteiger partial charge < -0.3 is 25.0 Å². The predicted molar refractivity (Wildman–Crippen MR) is 59.2 cm³/mol. The van der Waals surface area contributed by atoms with Gasteiger partial charge in [0.25, 0.3) is 0 Å². The van der Waals surface area contributed by atoms with Gasteiger partial charge >= 0.3 is 6.09 Å². The van der Waals surface area contributed by atoms with E-state index in [0.717, 1.165) is 5.75 Å². The van der Waals surface area contributed by atoms with E-state index < -0.39 is 24.3 Å². The number of nitrogens with one attached hydrogen (secondary N) is 1. The molecule has 0 aromatic carbocycles. The Kier molecular flexibility index (Phi) is 5.33. The number of alkyl carbamates (subject to hydrolysis) is 1. The van der Waals surface area contributed by atoms with Crippen molar-refractivity contribution < 1.29 is 24.5 Å². The maximum atomic E-state index is 11.1. The lowest BCUT2D eigenvalue weighted by molar-refractivity contribution is -0.00312. The van der Waals surface area contributed by atoms with E-state index in [1.807, 2.05) is 6.92 Å². The van der Waals surface area contributed by atoms with Crippen LogP contribution in [0.4, 0.5) is 4.79 Å². The number of carbonyl (C=O) groups excluding carboxylic acids is 1. The molecule has 0 unspecified atom stereocenters. The summed E-state index contributed by atoms with van der Waals surface area (Å²) in [6.07, 6.45) is -2.20. The standard InChI is InChI=1S/C9H17NO5S/c1-3-16-8-6(10-9(13)14-2)7(12)5(4-11)15-8/h5-8,11-12H,3-4H2,1-2H3,(H,10,13)/t5-,6+,7-,8-/m1/s1. The van der Waals surface area contributed by atoms with Crippen LogP contribution in [0.3, 0.4) is 0 Å². The third-order valence-electron chi connectivity index (χ3n) is 2.33. The summed E-state index contributed by atoms with van der Waals surface area (Å²) in [6, 6.07) is -0.561. The van der Waals surface area contributed by atoms with Crippen molar-refractivity contribution in [2.45, 2.75) is 30.6 Å². The number of ether oxygens (including phenoxy) is 2. The summed E-state index contributed by atoms with van der Waals surface area (Å²) in [4.78, 5) is 11.1. The van der Waals surface area contributed by atoms with Gasteiger partial charge in [0.1, 0.15) is 17.6 Å². The maximum Gasteiger partial charge on any atom is 0.407 e. The molecule has 0 aromatic heterocycles. The molecule has 1 saturated heterocycles. The van der Waals surface area contributed by atoms with Crippen molar-refractivity contribution in [1.82, 2.24) is 5.32 Å². The predicted octanol–water partition coefficient (Wildman–Crippen LogP) is -0.458. The first kappa shape index (κ1) is 13.6. The summed E-state index contributed by atoms with van der Waals surface area (Å²) >= 11 is 1.46. The highest BCUT2D eigenvalue weighted by atomic mass is 32.2. The second-order valence-electron chi connectivity index (χ2n) is 3.33. The Morgan fingerprint density at radius 3 is 2.81 bits per heavy atom. The van der Waals surface area contributed by atoms with E-state index in [-0.39, 0.29) is 12.0 Å². The molecule has 0 aromatic rings. The first-order chi connectivity index (χ1) is 7.63. The molecular weight excluding hydrogens is 234 g/mol. The number of hydrogen-bond donors (Lipinski definition) is 3. The molecule has 94 valence electrons. The third-order valence-corrected chi connectivity index (χ3v) is 3.40. The first-order valence-electron chi connectivity index (χ1n) is 5.04. The van der Waals surface area contributed by atoms with Crippen LogP contribution in [-0.4, -0.2) is 59.5 Å². The maximum absolute atomic E-state index is 11.1. The number of amides is 1. The highest BCUT2D eigenvalue weighted by molar-refractivity contribution is 7.99. The van der Waals surface area contributed by atoms with Crippen LogP contribution in [0, 0.1) is 0 Å². The Hall–Kier alpha value is -0.500. The zero-order valence-corrected chi connectivity index (χ0v) is 10.1. The van der Waals surface area contributed by atoms with Crippen molar-refractivity contribution in [3.8, 4) is 0 Å². The Balaban J connectivity index is 2.64. The zero-order valence-electron chi connectivity index (χ0n) is 9.25. The molecule has 4 atom stereocenters. The van der Waals surface area contributed by atoms with Crippen LogP contribution in [0.25, 0.3) is 0 Å². The smallest absolute Gasteiger partial charge is 0.407 e. The van der Waals surface area contributed by atoms with Crippen molar-refractivity contribution in [1.29, 1.82) is 0 Å². The van der Waals surface area contributed by atoms with Gasteiger partial charge in [-0.05, 0) is 5.75 Å². The highest BCUT2D eigenvalue weighted by Crippen LogP contribution is 2.29. The Morgan fingerprint density at radius 2 is 2.31 bits per heavy atom. The summed E-state index contributed by atoms with van der Waals surface area (Å²) < 4.78 is 9.88. The number of hydrogen-bond acceptors (Lipinski definition) is 6. The molecule has 1 amide bonds. The van der Waals surface area contributed by atoms with Crippen molar-refractivity contribution >= 4 is 17.9 Å². The SMILES string of the molecule is CCS[C@H]1O[C@H](CO)[C@@H](O)[C@@H]1NC(=O)OC. The molecule has 1 aliphatic rings. The molecule has 1 aliphatic heterocycles. The quantitative estimate of drug-likeness (QED) is 0.627. The minimum atomic E-state index is -0.923. The summed E-state index contributed by atoms with van der Waals surface area (Å²) in [6.45, 7) is 1.67. The largest absolute Gasteiger partial charge is 0.453 e. The Bertz CT molecular complexity index is 240. The molecule has 1 rings (SSSR count). The lowest BCUT2D eigenvalue weighted by atomic mass is 10.1. The van der Waals surface area contributed by atoms with E-state index in [1.165, 1.54) is 18.9 Å². The van der Waals surface area contributed by atoms with Crippen molar-refractivity contribution in [3.05, 3.63) is 0 Å². The number of carbonyl (C=O) groups is 1. The van der Waals surface area contributed by atoms with Gasteiger partial charge in [-0.25, -0.2) is 4.79 Å². The average Bonchev–Trinajstić information content (AvgIpc) is 2.57. The fourth-order valence-electron chi connectivity index (χ4n) is 1.54. The van der Waals surface area contributed by atoms with Gasteiger partial charge in [-0.15, -0.1) is 11.8 Å². The third kappa shape index (κ3) is 3.00. The van der Waals surface area contributed by atoms with Crippen LogP contribution in [0.15, 0.2) is 0 Å². The van der Waals surface area contributed by atoms with Gasteiger partial charge in [-0.3, -0.25) is 0 Å². The number of methoxy groups -OCH3 is 1. The minimum Gasteiger partial charge on any atom is -0.453 e. The van der Waals surface area contributed by atoms with E-state index >= 15 is 0 Å². The molecule has 0 aliphatic carbocycles. The first-order valence-corrected chi connectivity index (χ1v) is 6.09. The fourth-order valence-corrected chi connectivity index (χ4v) is 2.52. The van der Waals surface area contributed by atoms with E-state index in [1.54, 1.807) is 0 Å². The van der Waals surface area contributed by atoms with Crippen LogP contribution >= 0.6 is 11.8 Å². The summed E-state index contributed by atoms with van der Waals surface area (Å²) in [5.41, 5.74) is -0.365. The van der Waals surface area contributed by atoms with Crippen LogP contribution < -0.4 is 5.32 Å². The lowest BCUT2D eigenvalue weighted by Gasteiger charge is -2.20.